The molecule has 1 aliphatic rings. The van der Waals surface area contributed by atoms with Gasteiger partial charge in [-0.2, -0.15) is 0 Å². The summed E-state index contributed by atoms with van der Waals surface area (Å²) in [5.74, 6) is 0.515. The van der Waals surface area contributed by atoms with Crippen molar-refractivity contribution in [2.45, 2.75) is 38.6 Å². The van der Waals surface area contributed by atoms with Crippen molar-refractivity contribution in [3.05, 3.63) is 60.3 Å². The lowest BCUT2D eigenvalue weighted by Crippen LogP contribution is -2.24. The van der Waals surface area contributed by atoms with Gasteiger partial charge in [0.25, 0.3) is 0 Å². The molecule has 1 fully saturated rings. The Morgan fingerprint density at radius 1 is 1.08 bits per heavy atom. The van der Waals surface area contributed by atoms with Crippen LogP contribution >= 0.6 is 0 Å². The molecule has 4 heteroatoms. The highest BCUT2D eigenvalue weighted by molar-refractivity contribution is 5.97. The lowest BCUT2D eigenvalue weighted by atomic mass is 9.88. The van der Waals surface area contributed by atoms with Crippen LogP contribution in [0.3, 0.4) is 0 Å². The van der Waals surface area contributed by atoms with E-state index in [2.05, 4.69) is 5.32 Å². The number of aromatic nitrogens is 1. The van der Waals surface area contributed by atoms with Crippen LogP contribution in [0, 0.1) is 5.92 Å². The second-order valence-electron chi connectivity index (χ2n) is 7.19. The van der Waals surface area contributed by atoms with Crippen LogP contribution in [0.4, 0.5) is 5.69 Å². The highest BCUT2D eigenvalue weighted by atomic mass is 16.3. The molecule has 0 saturated heterocycles. The van der Waals surface area contributed by atoms with Gasteiger partial charge in [-0.3, -0.25) is 4.79 Å². The van der Waals surface area contributed by atoms with E-state index < -0.39 is 0 Å². The summed E-state index contributed by atoms with van der Waals surface area (Å²) in [6, 6.07) is 15.7. The van der Waals surface area contributed by atoms with Gasteiger partial charge in [0.1, 0.15) is 0 Å². The van der Waals surface area contributed by atoms with Crippen molar-refractivity contribution in [1.82, 2.24) is 4.57 Å². The first-order chi connectivity index (χ1) is 12.7. The molecule has 4 nitrogen and oxygen atoms in total. The summed E-state index contributed by atoms with van der Waals surface area (Å²) in [7, 11) is 0. The molecule has 0 radical (unpaired) electrons. The van der Waals surface area contributed by atoms with Crippen molar-refractivity contribution in [3.63, 3.8) is 0 Å². The molecule has 2 aromatic carbocycles. The minimum absolute atomic E-state index is 0.122. The molecule has 0 aliphatic heterocycles. The molecule has 1 saturated carbocycles. The van der Waals surface area contributed by atoms with Crippen molar-refractivity contribution in [1.29, 1.82) is 0 Å². The van der Waals surface area contributed by atoms with Gasteiger partial charge in [-0.1, -0.05) is 49.6 Å². The van der Waals surface area contributed by atoms with Crippen molar-refractivity contribution >= 4 is 22.4 Å². The molecular formula is C22H24N2O2. The maximum absolute atomic E-state index is 12.5. The Kier molecular flexibility index (Phi) is 4.65. The van der Waals surface area contributed by atoms with Gasteiger partial charge in [-0.05, 0) is 36.6 Å². The summed E-state index contributed by atoms with van der Waals surface area (Å²) in [5.41, 5.74) is 1.93. The summed E-state index contributed by atoms with van der Waals surface area (Å²) in [4.78, 5) is 12.5. The van der Waals surface area contributed by atoms with Crippen molar-refractivity contribution in [3.8, 4) is 5.88 Å². The van der Waals surface area contributed by atoms with Gasteiger partial charge in [0, 0.05) is 28.6 Å². The van der Waals surface area contributed by atoms with Crippen LogP contribution in [0.2, 0.25) is 0 Å². The van der Waals surface area contributed by atoms with Crippen LogP contribution in [0.1, 0.15) is 37.7 Å². The van der Waals surface area contributed by atoms with E-state index in [4.69, 9.17) is 0 Å². The minimum atomic E-state index is 0.122. The van der Waals surface area contributed by atoms with Crippen molar-refractivity contribution in [2.75, 3.05) is 5.32 Å². The van der Waals surface area contributed by atoms with Gasteiger partial charge in [-0.15, -0.1) is 0 Å². The number of carbonyl (C=O) groups excluding carboxylic acids is 1. The largest absolute Gasteiger partial charge is 0.494 e. The number of nitrogens with zero attached hydrogens (tertiary/aromatic N) is 1. The number of anilines is 1. The van der Waals surface area contributed by atoms with E-state index >= 15 is 0 Å². The normalized spacial score (nSPS) is 15.2. The first-order valence-corrected chi connectivity index (χ1v) is 9.37. The van der Waals surface area contributed by atoms with E-state index in [0.717, 1.165) is 47.7 Å². The zero-order valence-corrected chi connectivity index (χ0v) is 14.8. The Hall–Kier alpha value is -2.75. The van der Waals surface area contributed by atoms with E-state index in [1.54, 1.807) is 0 Å². The number of benzene rings is 2. The molecule has 0 atom stereocenters. The number of hydrogen-bond acceptors (Lipinski definition) is 2. The van der Waals surface area contributed by atoms with Crippen molar-refractivity contribution in [2.24, 2.45) is 5.92 Å². The third-order valence-corrected chi connectivity index (χ3v) is 5.30. The highest BCUT2D eigenvalue weighted by Crippen LogP contribution is 2.31. The number of amides is 1. The first-order valence-electron chi connectivity index (χ1n) is 9.37. The fourth-order valence-electron chi connectivity index (χ4n) is 3.84. The van der Waals surface area contributed by atoms with Crippen LogP contribution in [0.15, 0.2) is 54.7 Å². The van der Waals surface area contributed by atoms with E-state index in [1.165, 1.54) is 6.42 Å². The average Bonchev–Trinajstić information content (AvgIpc) is 2.98. The predicted octanol–water partition coefficient (Wildman–Crippen LogP) is 4.91. The van der Waals surface area contributed by atoms with E-state index in [0.29, 0.717) is 6.54 Å². The Morgan fingerprint density at radius 3 is 2.62 bits per heavy atom. The molecule has 0 spiro atoms. The van der Waals surface area contributed by atoms with E-state index in [1.807, 2.05) is 59.3 Å². The monoisotopic (exact) mass is 348 g/mol. The third kappa shape index (κ3) is 3.45. The van der Waals surface area contributed by atoms with Crippen molar-refractivity contribution < 1.29 is 9.90 Å². The zero-order valence-electron chi connectivity index (χ0n) is 14.8. The molecule has 1 heterocycles. The van der Waals surface area contributed by atoms with Gasteiger partial charge >= 0.3 is 0 Å². The van der Waals surface area contributed by atoms with Crippen LogP contribution in [0.25, 0.3) is 10.8 Å². The van der Waals surface area contributed by atoms with Gasteiger partial charge < -0.3 is 15.0 Å². The maximum Gasteiger partial charge on any atom is 0.227 e. The maximum atomic E-state index is 12.5. The molecule has 1 aromatic heterocycles. The van der Waals surface area contributed by atoms with Gasteiger partial charge in [-0.25, -0.2) is 0 Å². The number of carbonyl (C=O) groups is 1. The predicted molar refractivity (Wildman–Crippen MR) is 104 cm³/mol. The lowest BCUT2D eigenvalue weighted by molar-refractivity contribution is -0.120. The zero-order chi connectivity index (χ0) is 17.9. The van der Waals surface area contributed by atoms with Gasteiger partial charge in [0.05, 0.1) is 6.54 Å². The third-order valence-electron chi connectivity index (χ3n) is 5.30. The number of hydrogen-bond donors (Lipinski definition) is 2. The standard InChI is InChI=1S/C22H24N2O2/c25-21(17-9-5-2-6-10-17)23-19-11-12-20-18(13-19)15-24(22(20)26)14-16-7-3-1-4-8-16/h1,3-4,7-8,11-13,15,17,26H,2,5-6,9-10,14H2,(H,23,25). The number of nitrogens with one attached hydrogen (secondary N) is 1. The van der Waals surface area contributed by atoms with Crippen LogP contribution < -0.4 is 5.32 Å². The topological polar surface area (TPSA) is 54.3 Å². The fraction of sp³-hybridized carbons (Fsp3) is 0.318. The van der Waals surface area contributed by atoms with E-state index in [-0.39, 0.29) is 17.7 Å². The summed E-state index contributed by atoms with van der Waals surface area (Å²) in [6.45, 7) is 0.616. The van der Waals surface area contributed by atoms with Gasteiger partial charge in [0.2, 0.25) is 5.91 Å². The summed E-state index contributed by atoms with van der Waals surface area (Å²) in [6.07, 6.45) is 7.45. The highest BCUT2D eigenvalue weighted by Gasteiger charge is 2.21. The van der Waals surface area contributed by atoms with Crippen LogP contribution in [-0.4, -0.2) is 15.6 Å². The van der Waals surface area contributed by atoms with Crippen LogP contribution in [-0.2, 0) is 11.3 Å². The molecule has 26 heavy (non-hydrogen) atoms. The summed E-state index contributed by atoms with van der Waals surface area (Å²) >= 11 is 0. The molecule has 2 N–H and O–H groups in total. The molecule has 134 valence electrons. The Bertz CT molecular complexity index is 909. The Morgan fingerprint density at radius 2 is 1.85 bits per heavy atom. The molecule has 3 aromatic rings. The number of fused-ring (bicyclic) bond motifs is 1. The number of rotatable bonds is 4. The summed E-state index contributed by atoms with van der Waals surface area (Å²) < 4.78 is 1.84. The quantitative estimate of drug-likeness (QED) is 0.703. The SMILES string of the molecule is O=C(Nc1ccc2c(O)n(Cc3ccccc3)cc2c1)C1CCCCC1. The average molecular weight is 348 g/mol. The molecular weight excluding hydrogens is 324 g/mol. The molecule has 0 unspecified atom stereocenters. The molecule has 0 bridgehead atoms. The molecule has 4 rings (SSSR count). The second kappa shape index (κ2) is 7.24. The first kappa shape index (κ1) is 16.7. The van der Waals surface area contributed by atoms with Crippen LogP contribution in [0.5, 0.6) is 5.88 Å². The van der Waals surface area contributed by atoms with Gasteiger partial charge in [0.15, 0.2) is 5.88 Å². The Balaban J connectivity index is 1.54. The Labute approximate surface area is 153 Å². The second-order valence-corrected chi connectivity index (χ2v) is 7.19. The summed E-state index contributed by atoms with van der Waals surface area (Å²) in [5, 5.41) is 15.3. The van der Waals surface area contributed by atoms with E-state index in [9.17, 15) is 9.90 Å². The molecule has 1 amide bonds. The smallest absolute Gasteiger partial charge is 0.227 e. The molecule has 1 aliphatic carbocycles. The lowest BCUT2D eigenvalue weighted by Gasteiger charge is -2.20. The number of aromatic hydroxyl groups is 1. The fourth-order valence-corrected chi connectivity index (χ4v) is 3.84. The minimum Gasteiger partial charge on any atom is -0.494 e.